The van der Waals surface area contributed by atoms with Crippen molar-refractivity contribution in [2.45, 2.75) is 24.7 Å². The number of hydrogen-bond acceptors (Lipinski definition) is 3. The number of carbonyl (C=O) groups is 1. The van der Waals surface area contributed by atoms with Gasteiger partial charge in [0.1, 0.15) is 10.7 Å². The molecule has 0 fully saturated rings. The lowest BCUT2D eigenvalue weighted by Crippen LogP contribution is -2.39. The zero-order valence-electron chi connectivity index (χ0n) is 10.7. The lowest BCUT2D eigenvalue weighted by atomic mass is 10.3. The van der Waals surface area contributed by atoms with Crippen molar-refractivity contribution in [1.29, 1.82) is 0 Å². The number of nitrogens with two attached hydrogens (primary N) is 1. The molecule has 0 saturated carbocycles. The maximum absolute atomic E-state index is 13.6. The molecule has 0 atom stereocenters. The van der Waals surface area contributed by atoms with E-state index in [2.05, 4.69) is 0 Å². The van der Waals surface area contributed by atoms with Gasteiger partial charge in [0, 0.05) is 6.54 Å². The summed E-state index contributed by atoms with van der Waals surface area (Å²) in [6.45, 7) is 1.57. The summed E-state index contributed by atoms with van der Waals surface area (Å²) in [7, 11) is -4.04. The van der Waals surface area contributed by atoms with Gasteiger partial charge in [0.05, 0.1) is 6.54 Å². The first-order chi connectivity index (χ1) is 8.89. The molecule has 1 aromatic carbocycles. The molecular formula is C12H17FN2O3S. The van der Waals surface area contributed by atoms with Crippen molar-refractivity contribution in [3.63, 3.8) is 0 Å². The molecule has 0 saturated heterocycles. The van der Waals surface area contributed by atoms with Crippen LogP contribution in [0.15, 0.2) is 29.2 Å². The summed E-state index contributed by atoms with van der Waals surface area (Å²) >= 11 is 0. The molecule has 0 spiro atoms. The zero-order chi connectivity index (χ0) is 14.5. The van der Waals surface area contributed by atoms with Crippen molar-refractivity contribution in [1.82, 2.24) is 4.31 Å². The normalized spacial score (nSPS) is 11.7. The molecule has 0 aliphatic rings. The van der Waals surface area contributed by atoms with Crippen LogP contribution in [0.3, 0.4) is 0 Å². The van der Waals surface area contributed by atoms with Crippen LogP contribution in [0.25, 0.3) is 0 Å². The van der Waals surface area contributed by atoms with E-state index in [1.807, 2.05) is 6.92 Å². The van der Waals surface area contributed by atoms with Crippen LogP contribution in [-0.2, 0) is 14.8 Å². The highest BCUT2D eigenvalue weighted by Crippen LogP contribution is 2.19. The number of primary amides is 1. The first kappa shape index (κ1) is 15.6. The molecule has 106 valence electrons. The van der Waals surface area contributed by atoms with Gasteiger partial charge in [-0.15, -0.1) is 0 Å². The van der Waals surface area contributed by atoms with Crippen LogP contribution in [0.5, 0.6) is 0 Å². The summed E-state index contributed by atoms with van der Waals surface area (Å²) < 4.78 is 39.0. The quantitative estimate of drug-likeness (QED) is 0.816. The number of hydrogen-bond donors (Lipinski definition) is 1. The van der Waals surface area contributed by atoms with Crippen molar-refractivity contribution in [3.8, 4) is 0 Å². The van der Waals surface area contributed by atoms with E-state index >= 15 is 0 Å². The van der Waals surface area contributed by atoms with Gasteiger partial charge in [0.2, 0.25) is 15.9 Å². The SMILES string of the molecule is CCCCN(CC(N)=O)S(=O)(=O)c1ccccc1F. The Hall–Kier alpha value is -1.47. The second kappa shape index (κ2) is 6.63. The number of nitrogens with zero attached hydrogens (tertiary/aromatic N) is 1. The first-order valence-corrected chi connectivity index (χ1v) is 7.36. The second-order valence-electron chi connectivity index (χ2n) is 4.09. The van der Waals surface area contributed by atoms with Gasteiger partial charge in [-0.05, 0) is 18.6 Å². The summed E-state index contributed by atoms with van der Waals surface area (Å²) in [6.07, 6.45) is 1.32. The van der Waals surface area contributed by atoms with E-state index in [0.717, 1.165) is 16.8 Å². The maximum Gasteiger partial charge on any atom is 0.246 e. The van der Waals surface area contributed by atoms with E-state index in [4.69, 9.17) is 5.73 Å². The van der Waals surface area contributed by atoms with Gasteiger partial charge in [0.15, 0.2) is 0 Å². The number of sulfonamides is 1. The van der Waals surface area contributed by atoms with Crippen LogP contribution in [0.2, 0.25) is 0 Å². The van der Waals surface area contributed by atoms with Crippen molar-refractivity contribution in [2.24, 2.45) is 5.73 Å². The molecule has 0 aromatic heterocycles. The minimum Gasteiger partial charge on any atom is -0.369 e. The van der Waals surface area contributed by atoms with E-state index in [9.17, 15) is 17.6 Å². The van der Waals surface area contributed by atoms with Gasteiger partial charge in [-0.2, -0.15) is 4.31 Å². The molecule has 1 rings (SSSR count). The zero-order valence-corrected chi connectivity index (χ0v) is 11.5. The number of carbonyl (C=O) groups excluding carboxylic acids is 1. The minimum atomic E-state index is -4.04. The molecule has 5 nitrogen and oxygen atoms in total. The molecule has 0 bridgehead atoms. The molecular weight excluding hydrogens is 271 g/mol. The lowest BCUT2D eigenvalue weighted by molar-refractivity contribution is -0.118. The standard InChI is InChI=1S/C12H17FN2O3S/c1-2-3-8-15(9-12(14)16)19(17,18)11-7-5-4-6-10(11)13/h4-7H,2-3,8-9H2,1H3,(H2,14,16). The van der Waals surface area contributed by atoms with Gasteiger partial charge in [-0.1, -0.05) is 25.5 Å². The van der Waals surface area contributed by atoms with Gasteiger partial charge in [-0.25, -0.2) is 12.8 Å². The molecule has 0 aliphatic heterocycles. The Morgan fingerprint density at radius 3 is 2.53 bits per heavy atom. The number of amides is 1. The maximum atomic E-state index is 13.6. The molecule has 0 unspecified atom stereocenters. The Labute approximate surface area is 112 Å². The molecule has 0 aliphatic carbocycles. The molecule has 1 amide bonds. The number of rotatable bonds is 7. The van der Waals surface area contributed by atoms with Crippen molar-refractivity contribution < 1.29 is 17.6 Å². The summed E-state index contributed by atoms with van der Waals surface area (Å²) in [5.41, 5.74) is 5.04. The summed E-state index contributed by atoms with van der Waals surface area (Å²) in [5.74, 6) is -1.61. The third kappa shape index (κ3) is 4.00. The van der Waals surface area contributed by atoms with Crippen LogP contribution in [-0.4, -0.2) is 31.7 Å². The monoisotopic (exact) mass is 288 g/mol. The second-order valence-corrected chi connectivity index (χ2v) is 6.00. The van der Waals surface area contributed by atoms with Crippen molar-refractivity contribution in [3.05, 3.63) is 30.1 Å². The van der Waals surface area contributed by atoms with Crippen molar-refractivity contribution >= 4 is 15.9 Å². The highest BCUT2D eigenvalue weighted by atomic mass is 32.2. The molecule has 0 heterocycles. The van der Waals surface area contributed by atoms with E-state index in [1.165, 1.54) is 18.2 Å². The fraction of sp³-hybridized carbons (Fsp3) is 0.417. The number of benzene rings is 1. The Morgan fingerprint density at radius 2 is 2.00 bits per heavy atom. The largest absolute Gasteiger partial charge is 0.369 e. The summed E-state index contributed by atoms with van der Waals surface area (Å²) in [4.78, 5) is 10.5. The Morgan fingerprint density at radius 1 is 1.37 bits per heavy atom. The smallest absolute Gasteiger partial charge is 0.246 e. The average Bonchev–Trinajstić information content (AvgIpc) is 2.34. The number of halogens is 1. The van der Waals surface area contributed by atoms with Crippen LogP contribution in [0.1, 0.15) is 19.8 Å². The minimum absolute atomic E-state index is 0.135. The van der Waals surface area contributed by atoms with E-state index in [1.54, 1.807) is 0 Å². The van der Waals surface area contributed by atoms with Gasteiger partial charge < -0.3 is 5.73 Å². The van der Waals surface area contributed by atoms with Crippen LogP contribution < -0.4 is 5.73 Å². The molecule has 0 radical (unpaired) electrons. The highest BCUT2D eigenvalue weighted by Gasteiger charge is 2.27. The van der Waals surface area contributed by atoms with Crippen LogP contribution >= 0.6 is 0 Å². The fourth-order valence-corrected chi connectivity index (χ4v) is 3.10. The molecule has 1 aromatic rings. The van der Waals surface area contributed by atoms with Gasteiger partial charge >= 0.3 is 0 Å². The lowest BCUT2D eigenvalue weighted by Gasteiger charge is -2.20. The Bertz CT molecular complexity index is 546. The predicted octanol–water partition coefficient (Wildman–Crippen LogP) is 1.10. The summed E-state index contributed by atoms with van der Waals surface area (Å²) in [6, 6.07) is 5.07. The van der Waals surface area contributed by atoms with Gasteiger partial charge in [0.25, 0.3) is 0 Å². The predicted molar refractivity (Wildman–Crippen MR) is 69.3 cm³/mol. The third-order valence-electron chi connectivity index (χ3n) is 2.55. The van der Waals surface area contributed by atoms with E-state index in [0.29, 0.717) is 6.42 Å². The van der Waals surface area contributed by atoms with Crippen LogP contribution in [0.4, 0.5) is 4.39 Å². The fourth-order valence-electron chi connectivity index (χ4n) is 1.59. The van der Waals surface area contributed by atoms with Gasteiger partial charge in [-0.3, -0.25) is 4.79 Å². The third-order valence-corrected chi connectivity index (χ3v) is 4.43. The Kier molecular flexibility index (Phi) is 5.44. The van der Waals surface area contributed by atoms with E-state index < -0.39 is 33.2 Å². The number of unbranched alkanes of at least 4 members (excludes halogenated alkanes) is 1. The summed E-state index contributed by atoms with van der Waals surface area (Å²) in [5, 5.41) is 0. The van der Waals surface area contributed by atoms with Crippen molar-refractivity contribution in [2.75, 3.05) is 13.1 Å². The average molecular weight is 288 g/mol. The van der Waals surface area contributed by atoms with E-state index in [-0.39, 0.29) is 6.54 Å². The Balaban J connectivity index is 3.12. The molecule has 19 heavy (non-hydrogen) atoms. The topological polar surface area (TPSA) is 80.5 Å². The van der Waals surface area contributed by atoms with Crippen LogP contribution in [0, 0.1) is 5.82 Å². The molecule has 2 N–H and O–H groups in total. The highest BCUT2D eigenvalue weighted by molar-refractivity contribution is 7.89. The molecule has 7 heteroatoms. The first-order valence-electron chi connectivity index (χ1n) is 5.92.